The summed E-state index contributed by atoms with van der Waals surface area (Å²) >= 11 is 0. The van der Waals surface area contributed by atoms with Gasteiger partial charge in [-0.1, -0.05) is 6.42 Å². The normalized spacial score (nSPS) is 22.7. The Morgan fingerprint density at radius 1 is 1.43 bits per heavy atom. The number of sulfonamides is 1. The first-order valence-corrected chi connectivity index (χ1v) is 8.59. The molecule has 0 spiro atoms. The van der Waals surface area contributed by atoms with E-state index in [-0.39, 0.29) is 16.9 Å². The zero-order valence-electron chi connectivity index (χ0n) is 12.0. The van der Waals surface area contributed by atoms with Crippen LogP contribution in [0.4, 0.5) is 0 Å². The number of nitriles is 1. The highest BCUT2D eigenvalue weighted by atomic mass is 32.2. The van der Waals surface area contributed by atoms with Gasteiger partial charge in [0.1, 0.15) is 0 Å². The van der Waals surface area contributed by atoms with Gasteiger partial charge in [0.15, 0.2) is 0 Å². The van der Waals surface area contributed by atoms with Crippen LogP contribution in [0.2, 0.25) is 0 Å². The van der Waals surface area contributed by atoms with Crippen LogP contribution in [-0.2, 0) is 10.0 Å². The van der Waals surface area contributed by atoms with E-state index in [1.54, 1.807) is 6.92 Å². The maximum Gasteiger partial charge on any atom is 0.240 e. The molecule has 0 radical (unpaired) electrons. The Morgan fingerprint density at radius 2 is 2.19 bits per heavy atom. The lowest BCUT2D eigenvalue weighted by molar-refractivity contribution is 0.102. The largest absolute Gasteiger partial charge is 0.393 e. The number of benzene rings is 1. The van der Waals surface area contributed by atoms with Crippen molar-refractivity contribution >= 4 is 10.0 Å². The Kier molecular flexibility index (Phi) is 4.99. The second kappa shape index (κ2) is 6.56. The first-order chi connectivity index (χ1) is 9.92. The fraction of sp³-hybridized carbons (Fsp3) is 0.533. The second-order valence-corrected chi connectivity index (χ2v) is 7.39. The number of aliphatic hydroxyl groups is 1. The summed E-state index contributed by atoms with van der Waals surface area (Å²) in [6, 6.07) is 6.50. The predicted molar refractivity (Wildman–Crippen MR) is 79.0 cm³/mol. The molecule has 1 aromatic carbocycles. The third kappa shape index (κ3) is 4.03. The molecule has 1 aromatic rings. The number of aryl methyl sites for hydroxylation is 1. The van der Waals surface area contributed by atoms with Gasteiger partial charge in [-0.15, -0.1) is 0 Å². The summed E-state index contributed by atoms with van der Waals surface area (Å²) < 4.78 is 27.1. The number of hydrogen-bond donors (Lipinski definition) is 2. The number of hydrogen-bond acceptors (Lipinski definition) is 4. The monoisotopic (exact) mass is 308 g/mol. The highest BCUT2D eigenvalue weighted by Gasteiger charge is 2.22. The lowest BCUT2D eigenvalue weighted by atomic mass is 9.87. The van der Waals surface area contributed by atoms with Crippen molar-refractivity contribution in [2.45, 2.75) is 43.6 Å². The first-order valence-electron chi connectivity index (χ1n) is 7.11. The van der Waals surface area contributed by atoms with E-state index in [1.165, 1.54) is 18.2 Å². The summed E-state index contributed by atoms with van der Waals surface area (Å²) in [5, 5.41) is 18.5. The predicted octanol–water partition coefficient (Wildman–Crippen LogP) is 1.70. The fourth-order valence-corrected chi connectivity index (χ4v) is 3.89. The van der Waals surface area contributed by atoms with E-state index in [0.717, 1.165) is 19.3 Å². The van der Waals surface area contributed by atoms with Crippen molar-refractivity contribution in [1.82, 2.24) is 4.72 Å². The van der Waals surface area contributed by atoms with Gasteiger partial charge in [0.2, 0.25) is 10.0 Å². The van der Waals surface area contributed by atoms with Crippen LogP contribution >= 0.6 is 0 Å². The molecule has 2 N–H and O–H groups in total. The van der Waals surface area contributed by atoms with Gasteiger partial charge >= 0.3 is 0 Å². The van der Waals surface area contributed by atoms with Crippen molar-refractivity contribution in [2.75, 3.05) is 6.54 Å². The number of aliphatic hydroxyl groups excluding tert-OH is 1. The SMILES string of the molecule is Cc1cc(S(=O)(=O)NCC2CCCC(O)C2)ccc1C#N. The average Bonchev–Trinajstić information content (AvgIpc) is 2.45. The molecule has 0 aliphatic heterocycles. The average molecular weight is 308 g/mol. The van der Waals surface area contributed by atoms with Gasteiger partial charge in [0.05, 0.1) is 22.6 Å². The Bertz CT molecular complexity index is 649. The maximum atomic E-state index is 12.3. The van der Waals surface area contributed by atoms with E-state index in [1.807, 2.05) is 6.07 Å². The smallest absolute Gasteiger partial charge is 0.240 e. The number of rotatable bonds is 4. The van der Waals surface area contributed by atoms with Crippen LogP contribution in [0.3, 0.4) is 0 Å². The summed E-state index contributed by atoms with van der Waals surface area (Å²) in [4.78, 5) is 0.176. The molecular weight excluding hydrogens is 288 g/mol. The van der Waals surface area contributed by atoms with E-state index in [2.05, 4.69) is 4.72 Å². The molecule has 2 atom stereocenters. The molecule has 1 aliphatic carbocycles. The van der Waals surface area contributed by atoms with Crippen LogP contribution in [0.1, 0.15) is 36.8 Å². The molecule has 1 fully saturated rings. The van der Waals surface area contributed by atoms with Crippen LogP contribution in [0, 0.1) is 24.2 Å². The fourth-order valence-electron chi connectivity index (χ4n) is 2.69. The van der Waals surface area contributed by atoms with Crippen molar-refractivity contribution in [3.05, 3.63) is 29.3 Å². The summed E-state index contributed by atoms with van der Waals surface area (Å²) in [5.74, 6) is 0.183. The molecule has 0 aromatic heterocycles. The Labute approximate surface area is 125 Å². The van der Waals surface area contributed by atoms with E-state index in [4.69, 9.17) is 5.26 Å². The first kappa shape index (κ1) is 16.0. The van der Waals surface area contributed by atoms with Gasteiger partial charge in [0.25, 0.3) is 0 Å². The summed E-state index contributed by atoms with van der Waals surface area (Å²) in [5.41, 5.74) is 1.12. The second-order valence-electron chi connectivity index (χ2n) is 5.63. The van der Waals surface area contributed by atoms with Gasteiger partial charge < -0.3 is 5.11 Å². The molecule has 114 valence electrons. The van der Waals surface area contributed by atoms with E-state index in [9.17, 15) is 13.5 Å². The molecule has 21 heavy (non-hydrogen) atoms. The Balaban J connectivity index is 2.05. The van der Waals surface area contributed by atoms with Gasteiger partial charge in [-0.25, -0.2) is 13.1 Å². The molecule has 0 amide bonds. The number of nitrogens with one attached hydrogen (secondary N) is 1. The van der Waals surface area contributed by atoms with Crippen molar-refractivity contribution in [3.8, 4) is 6.07 Å². The molecule has 6 heteroatoms. The lowest BCUT2D eigenvalue weighted by Gasteiger charge is -2.25. The zero-order valence-corrected chi connectivity index (χ0v) is 12.9. The molecule has 0 bridgehead atoms. The molecule has 2 rings (SSSR count). The topological polar surface area (TPSA) is 90.2 Å². The Morgan fingerprint density at radius 3 is 2.81 bits per heavy atom. The van der Waals surface area contributed by atoms with E-state index >= 15 is 0 Å². The minimum Gasteiger partial charge on any atom is -0.393 e. The summed E-state index contributed by atoms with van der Waals surface area (Å²) in [7, 11) is -3.57. The molecule has 5 nitrogen and oxygen atoms in total. The van der Waals surface area contributed by atoms with Gasteiger partial charge in [-0.2, -0.15) is 5.26 Å². The molecule has 1 aliphatic rings. The standard InChI is InChI=1S/C15H20N2O3S/c1-11-7-15(6-5-13(11)9-16)21(19,20)17-10-12-3-2-4-14(18)8-12/h5-7,12,14,17-18H,2-4,8,10H2,1H3. The lowest BCUT2D eigenvalue weighted by Crippen LogP contribution is -2.33. The van der Waals surface area contributed by atoms with E-state index < -0.39 is 10.0 Å². The maximum absolute atomic E-state index is 12.3. The van der Waals surface area contributed by atoms with Crippen LogP contribution in [-0.4, -0.2) is 26.2 Å². The molecule has 0 saturated heterocycles. The highest BCUT2D eigenvalue weighted by Crippen LogP contribution is 2.24. The third-order valence-electron chi connectivity index (χ3n) is 3.95. The molecule has 2 unspecified atom stereocenters. The van der Waals surface area contributed by atoms with Crippen molar-refractivity contribution in [3.63, 3.8) is 0 Å². The van der Waals surface area contributed by atoms with E-state index in [0.29, 0.717) is 24.1 Å². The third-order valence-corrected chi connectivity index (χ3v) is 5.37. The van der Waals surface area contributed by atoms with Gasteiger partial charge in [0, 0.05) is 6.54 Å². The molecular formula is C15H20N2O3S. The molecule has 1 saturated carbocycles. The van der Waals surface area contributed by atoms with Gasteiger partial charge in [-0.05, 0) is 55.9 Å². The minimum absolute atomic E-state index is 0.176. The van der Waals surface area contributed by atoms with Crippen LogP contribution in [0.15, 0.2) is 23.1 Å². The van der Waals surface area contributed by atoms with Crippen LogP contribution < -0.4 is 4.72 Å². The highest BCUT2D eigenvalue weighted by molar-refractivity contribution is 7.89. The summed E-state index contributed by atoms with van der Waals surface area (Å²) in [6.07, 6.45) is 3.01. The van der Waals surface area contributed by atoms with Crippen molar-refractivity contribution in [2.24, 2.45) is 5.92 Å². The van der Waals surface area contributed by atoms with Crippen LogP contribution in [0.25, 0.3) is 0 Å². The minimum atomic E-state index is -3.57. The summed E-state index contributed by atoms with van der Waals surface area (Å²) in [6.45, 7) is 2.06. The Hall–Kier alpha value is -1.42. The zero-order chi connectivity index (χ0) is 15.5. The molecule has 0 heterocycles. The van der Waals surface area contributed by atoms with Gasteiger partial charge in [-0.3, -0.25) is 0 Å². The van der Waals surface area contributed by atoms with Crippen molar-refractivity contribution in [1.29, 1.82) is 5.26 Å². The van der Waals surface area contributed by atoms with Crippen LogP contribution in [0.5, 0.6) is 0 Å². The quantitative estimate of drug-likeness (QED) is 0.885. The number of nitrogens with zero attached hydrogens (tertiary/aromatic N) is 1. The van der Waals surface area contributed by atoms with Crippen molar-refractivity contribution < 1.29 is 13.5 Å².